The van der Waals surface area contributed by atoms with Gasteiger partial charge in [0.1, 0.15) is 17.7 Å². The summed E-state index contributed by atoms with van der Waals surface area (Å²) >= 11 is 3.24. The first-order valence-electron chi connectivity index (χ1n) is 9.31. The molecule has 0 unspecified atom stereocenters. The fraction of sp³-hybridized carbons (Fsp3) is 0.0870. The molecule has 2 N–H and O–H groups in total. The number of fused-ring (bicyclic) bond motifs is 1. The van der Waals surface area contributed by atoms with E-state index in [1.165, 1.54) is 48.5 Å². The van der Waals surface area contributed by atoms with Crippen LogP contribution in [-0.2, 0) is 9.53 Å². The van der Waals surface area contributed by atoms with Gasteiger partial charge in [-0.3, -0.25) is 9.59 Å². The lowest BCUT2D eigenvalue weighted by Gasteiger charge is -2.38. The van der Waals surface area contributed by atoms with Crippen molar-refractivity contribution in [1.29, 1.82) is 0 Å². The standard InChI is InChI=1S/C23H14BrF2NO5/c24-13-7-5-12(6-8-13)19(28)23(22(31)27-18-10-9-14(25)11-17(18)26)20(29)15-3-1-2-4-16(15)21(30)32-23/h1-11,20,29H,(H,27,31)/t20-,23-/m1/s1. The van der Waals surface area contributed by atoms with Crippen molar-refractivity contribution in [3.63, 3.8) is 0 Å². The molecule has 3 aromatic carbocycles. The van der Waals surface area contributed by atoms with Gasteiger partial charge in [0.05, 0.1) is 11.3 Å². The fourth-order valence-corrected chi connectivity index (χ4v) is 3.73. The number of esters is 1. The highest BCUT2D eigenvalue weighted by atomic mass is 79.9. The van der Waals surface area contributed by atoms with E-state index in [1.807, 2.05) is 0 Å². The van der Waals surface area contributed by atoms with Crippen LogP contribution >= 0.6 is 15.9 Å². The minimum atomic E-state index is -2.75. The number of cyclic esters (lactones) is 1. The van der Waals surface area contributed by atoms with Crippen LogP contribution in [0.2, 0.25) is 0 Å². The van der Waals surface area contributed by atoms with E-state index in [2.05, 4.69) is 21.2 Å². The first-order chi connectivity index (χ1) is 15.2. The molecule has 4 rings (SSSR count). The van der Waals surface area contributed by atoms with Gasteiger partial charge < -0.3 is 15.2 Å². The second-order valence-corrected chi connectivity index (χ2v) is 7.94. The van der Waals surface area contributed by atoms with E-state index in [9.17, 15) is 28.3 Å². The summed E-state index contributed by atoms with van der Waals surface area (Å²) in [5, 5.41) is 13.3. The average molecular weight is 502 g/mol. The number of halogens is 3. The lowest BCUT2D eigenvalue weighted by atomic mass is 9.79. The normalized spacial score (nSPS) is 19.6. The van der Waals surface area contributed by atoms with Gasteiger partial charge in [0.2, 0.25) is 5.78 Å². The van der Waals surface area contributed by atoms with E-state index in [-0.39, 0.29) is 16.7 Å². The maximum atomic E-state index is 14.2. The Balaban J connectivity index is 1.85. The number of hydrogen-bond donors (Lipinski definition) is 2. The van der Waals surface area contributed by atoms with Gasteiger partial charge in [-0.25, -0.2) is 13.6 Å². The van der Waals surface area contributed by atoms with Crippen molar-refractivity contribution in [3.8, 4) is 0 Å². The molecule has 2 atom stereocenters. The smallest absolute Gasteiger partial charge is 0.340 e. The number of rotatable bonds is 4. The lowest BCUT2D eigenvalue weighted by molar-refractivity contribution is -0.143. The Bertz CT molecular complexity index is 1250. The molecule has 0 fully saturated rings. The molecule has 0 saturated heterocycles. The Kier molecular flexibility index (Phi) is 5.62. The molecule has 1 amide bonds. The Morgan fingerprint density at radius 2 is 1.72 bits per heavy atom. The Morgan fingerprint density at radius 3 is 2.41 bits per heavy atom. The zero-order valence-electron chi connectivity index (χ0n) is 16.1. The number of nitrogens with one attached hydrogen (secondary N) is 1. The first kappa shape index (κ1) is 21.8. The molecule has 6 nitrogen and oxygen atoms in total. The number of amides is 1. The summed E-state index contributed by atoms with van der Waals surface area (Å²) in [6.45, 7) is 0. The highest BCUT2D eigenvalue weighted by molar-refractivity contribution is 9.10. The summed E-state index contributed by atoms with van der Waals surface area (Å²) < 4.78 is 33.4. The van der Waals surface area contributed by atoms with Crippen LogP contribution in [0.1, 0.15) is 32.4 Å². The van der Waals surface area contributed by atoms with Gasteiger partial charge in [-0.15, -0.1) is 0 Å². The SMILES string of the molecule is O=C1O[C@](C(=O)Nc2ccc(F)cc2F)(C(=O)c2ccc(Br)cc2)[C@H](O)c2ccccc21. The van der Waals surface area contributed by atoms with Crippen molar-refractivity contribution in [2.24, 2.45) is 0 Å². The van der Waals surface area contributed by atoms with Crippen LogP contribution in [0.25, 0.3) is 0 Å². The van der Waals surface area contributed by atoms with Gasteiger partial charge in [-0.05, 0) is 30.3 Å². The van der Waals surface area contributed by atoms with Crippen molar-refractivity contribution in [3.05, 3.63) is 99.5 Å². The largest absolute Gasteiger partial charge is 0.433 e. The monoisotopic (exact) mass is 501 g/mol. The number of ether oxygens (including phenoxy) is 1. The third-order valence-electron chi connectivity index (χ3n) is 5.07. The lowest BCUT2D eigenvalue weighted by Crippen LogP contribution is -2.59. The third-order valence-corrected chi connectivity index (χ3v) is 5.60. The van der Waals surface area contributed by atoms with Crippen molar-refractivity contribution >= 4 is 39.3 Å². The van der Waals surface area contributed by atoms with E-state index in [4.69, 9.17) is 4.74 Å². The zero-order valence-corrected chi connectivity index (χ0v) is 17.7. The summed E-state index contributed by atoms with van der Waals surface area (Å²) in [5.74, 6) is -5.29. The van der Waals surface area contributed by atoms with E-state index >= 15 is 0 Å². The topological polar surface area (TPSA) is 92.7 Å². The minimum Gasteiger partial charge on any atom is -0.433 e. The van der Waals surface area contributed by atoms with E-state index in [0.29, 0.717) is 10.5 Å². The zero-order chi connectivity index (χ0) is 23.0. The molecular formula is C23H14BrF2NO5. The first-order valence-corrected chi connectivity index (χ1v) is 10.1. The number of anilines is 1. The van der Waals surface area contributed by atoms with Gasteiger partial charge >= 0.3 is 5.97 Å². The van der Waals surface area contributed by atoms with Crippen molar-refractivity contribution in [2.45, 2.75) is 11.7 Å². The highest BCUT2D eigenvalue weighted by Crippen LogP contribution is 2.40. The van der Waals surface area contributed by atoms with E-state index in [1.54, 1.807) is 0 Å². The summed E-state index contributed by atoms with van der Waals surface area (Å²) in [6, 6.07) is 14.0. The summed E-state index contributed by atoms with van der Waals surface area (Å²) in [4.78, 5) is 39.5. The quantitative estimate of drug-likeness (QED) is 0.317. The minimum absolute atomic E-state index is 0.00365. The molecule has 3 aromatic rings. The number of ketones is 1. The number of aliphatic hydroxyl groups excluding tert-OH is 1. The van der Waals surface area contributed by atoms with E-state index in [0.717, 1.165) is 12.1 Å². The number of aliphatic hydroxyl groups is 1. The molecule has 1 heterocycles. The maximum absolute atomic E-state index is 14.2. The number of carbonyl (C=O) groups excluding carboxylic acids is 3. The van der Waals surface area contributed by atoms with Crippen LogP contribution in [0.4, 0.5) is 14.5 Å². The van der Waals surface area contributed by atoms with E-state index < -0.39 is 46.7 Å². The average Bonchev–Trinajstić information content (AvgIpc) is 2.78. The number of benzene rings is 3. The molecular weight excluding hydrogens is 488 g/mol. The maximum Gasteiger partial charge on any atom is 0.340 e. The van der Waals surface area contributed by atoms with Gasteiger partial charge in [0, 0.05) is 21.7 Å². The van der Waals surface area contributed by atoms with Gasteiger partial charge in [-0.1, -0.05) is 46.3 Å². The molecule has 0 bridgehead atoms. The second kappa shape index (κ2) is 8.25. The van der Waals surface area contributed by atoms with Crippen molar-refractivity contribution in [2.75, 3.05) is 5.32 Å². The Labute approximate surface area is 189 Å². The second-order valence-electron chi connectivity index (χ2n) is 7.03. The Hall–Kier alpha value is -3.43. The molecule has 1 aliphatic rings. The highest BCUT2D eigenvalue weighted by Gasteiger charge is 2.59. The van der Waals surface area contributed by atoms with Crippen LogP contribution < -0.4 is 5.32 Å². The summed E-state index contributed by atoms with van der Waals surface area (Å²) in [5.41, 5.74) is -3.25. The van der Waals surface area contributed by atoms with Gasteiger partial charge in [0.15, 0.2) is 0 Å². The number of carbonyl (C=O) groups is 3. The van der Waals surface area contributed by atoms with Crippen LogP contribution in [0, 0.1) is 11.6 Å². The summed E-state index contributed by atoms with van der Waals surface area (Å²) in [7, 11) is 0. The Morgan fingerprint density at radius 1 is 1.03 bits per heavy atom. The molecule has 0 aromatic heterocycles. The molecule has 0 radical (unpaired) electrons. The van der Waals surface area contributed by atoms with Gasteiger partial charge in [-0.2, -0.15) is 0 Å². The molecule has 0 spiro atoms. The molecule has 9 heteroatoms. The van der Waals surface area contributed by atoms with Crippen LogP contribution in [0.3, 0.4) is 0 Å². The fourth-order valence-electron chi connectivity index (χ4n) is 3.46. The third kappa shape index (κ3) is 3.59. The van der Waals surface area contributed by atoms with Crippen LogP contribution in [-0.4, -0.2) is 28.4 Å². The van der Waals surface area contributed by atoms with Crippen molar-refractivity contribution < 1.29 is 33.0 Å². The molecule has 0 saturated carbocycles. The van der Waals surface area contributed by atoms with Crippen LogP contribution in [0.15, 0.2) is 71.2 Å². The van der Waals surface area contributed by atoms with Crippen molar-refractivity contribution in [1.82, 2.24) is 0 Å². The molecule has 0 aliphatic carbocycles. The van der Waals surface area contributed by atoms with Gasteiger partial charge in [0.25, 0.3) is 11.5 Å². The number of Topliss-reactive ketones (excluding diaryl/α,β-unsaturated/α-hetero) is 1. The molecule has 162 valence electrons. The van der Waals surface area contributed by atoms with Crippen LogP contribution in [0.5, 0.6) is 0 Å². The number of hydrogen-bond acceptors (Lipinski definition) is 5. The summed E-state index contributed by atoms with van der Waals surface area (Å²) in [6.07, 6.45) is -1.89. The predicted octanol–water partition coefficient (Wildman–Crippen LogP) is 4.19. The molecule has 32 heavy (non-hydrogen) atoms. The molecule has 1 aliphatic heterocycles. The predicted molar refractivity (Wildman–Crippen MR) is 113 cm³/mol.